The zero-order valence-electron chi connectivity index (χ0n) is 25.7. The molecule has 2 N–H and O–H groups in total. The Kier molecular flexibility index (Phi) is 8.82. The molecule has 0 unspecified atom stereocenters. The highest BCUT2D eigenvalue weighted by atomic mass is 32.3. The molecule has 0 aromatic rings. The number of allylic oxidation sites excluding steroid dienone is 2. The smallest absolute Gasteiger partial charge is 0.300 e. The molecule has 4 rings (SSSR count). The molecule has 0 aromatic carbocycles. The number of carbonyl (C=O) groups is 1. The van der Waals surface area contributed by atoms with E-state index >= 15 is 0 Å². The molecular weight excluding hydrogens is 568 g/mol. The summed E-state index contributed by atoms with van der Waals surface area (Å²) in [5.41, 5.74) is 1.49. The molecule has 0 aromatic heterocycles. The maximum absolute atomic E-state index is 12.7. The lowest BCUT2D eigenvalue weighted by molar-refractivity contribution is -0.122. The highest BCUT2D eigenvalue weighted by Crippen LogP contribution is 2.72. The van der Waals surface area contributed by atoms with Crippen LogP contribution in [0.5, 0.6) is 0 Å². The summed E-state index contributed by atoms with van der Waals surface area (Å²) in [5, 5.41) is 0. The van der Waals surface area contributed by atoms with Gasteiger partial charge in [-0.1, -0.05) is 59.6 Å². The number of hydrogen-bond acceptors (Lipinski definition) is 7. The Balaban J connectivity index is 1.68. The van der Waals surface area contributed by atoms with Crippen molar-refractivity contribution in [1.82, 2.24) is 0 Å². The standard InChI is InChI=1S/C30H50O9S2/c1-19(2)16-21(31)17-20(3)22-10-14-30(7)24-8-9-25-27(4,23(24)11-15-29(22,30)6)13-12-26(39-41(35,36)37)28(25,5)18-38-40(32,33)34/h19-20,22,25-26H,8-18H2,1-7H3,(H,32,33,34)(H,35,36,37)/t20-,22-,25-,26+,27-,28+,29-,30+/m1/s1. The third-order valence-electron chi connectivity index (χ3n) is 12.2. The number of fused-ring (bicyclic) bond motifs is 4. The fourth-order valence-electron chi connectivity index (χ4n) is 10.2. The lowest BCUT2D eigenvalue weighted by Crippen LogP contribution is -2.58. The van der Waals surface area contributed by atoms with Crippen LogP contribution >= 0.6 is 0 Å². The first-order valence-electron chi connectivity index (χ1n) is 15.2. The highest BCUT2D eigenvalue weighted by molar-refractivity contribution is 7.81. The lowest BCUT2D eigenvalue weighted by Gasteiger charge is -2.62. The van der Waals surface area contributed by atoms with Gasteiger partial charge >= 0.3 is 20.8 Å². The van der Waals surface area contributed by atoms with Crippen molar-refractivity contribution in [2.45, 2.75) is 119 Å². The average molecular weight is 619 g/mol. The summed E-state index contributed by atoms with van der Waals surface area (Å²) in [7, 11) is -9.57. The maximum atomic E-state index is 12.7. The van der Waals surface area contributed by atoms with Crippen LogP contribution in [0.15, 0.2) is 11.1 Å². The molecule has 2 fully saturated rings. The SMILES string of the molecule is CC(C)CC(=O)C[C@@H](C)[C@H]1CC[C@@]2(C)C3=C(CC[C@]12C)[C@@]1(C)CC[C@H](OS(=O)(=O)O)[C@@](C)(COS(=O)(=O)O)[C@@H]1CC3. The van der Waals surface area contributed by atoms with Crippen LogP contribution in [0.3, 0.4) is 0 Å². The van der Waals surface area contributed by atoms with Crippen LogP contribution in [0.1, 0.15) is 113 Å². The summed E-state index contributed by atoms with van der Waals surface area (Å²) in [6.07, 6.45) is 6.72. The van der Waals surface area contributed by atoms with Crippen LogP contribution in [0.4, 0.5) is 0 Å². The minimum Gasteiger partial charge on any atom is -0.300 e. The predicted molar refractivity (Wildman–Crippen MR) is 156 cm³/mol. The van der Waals surface area contributed by atoms with Crippen molar-refractivity contribution >= 4 is 26.6 Å². The van der Waals surface area contributed by atoms with Crippen LogP contribution in [0, 0.1) is 45.3 Å². The van der Waals surface area contributed by atoms with E-state index in [0.29, 0.717) is 55.6 Å². The molecule has 0 bridgehead atoms. The average Bonchev–Trinajstić information content (AvgIpc) is 3.09. The Bertz CT molecular complexity index is 1290. The minimum absolute atomic E-state index is 0.0162. The normalized spacial score (nSPS) is 40.2. The quantitative estimate of drug-likeness (QED) is 0.211. The fourth-order valence-corrected chi connectivity index (χ4v) is 11.2. The Morgan fingerprint density at radius 3 is 2.12 bits per heavy atom. The van der Waals surface area contributed by atoms with Crippen molar-refractivity contribution in [3.63, 3.8) is 0 Å². The molecule has 9 nitrogen and oxygen atoms in total. The van der Waals surface area contributed by atoms with Gasteiger partial charge in [0.05, 0.1) is 12.7 Å². The second kappa shape index (κ2) is 10.9. The van der Waals surface area contributed by atoms with E-state index in [0.717, 1.165) is 32.1 Å². The van der Waals surface area contributed by atoms with Crippen molar-refractivity contribution in [2.75, 3.05) is 6.61 Å². The number of ketones is 1. The van der Waals surface area contributed by atoms with Crippen molar-refractivity contribution in [2.24, 2.45) is 45.3 Å². The van der Waals surface area contributed by atoms with Gasteiger partial charge in [0.15, 0.2) is 0 Å². The van der Waals surface area contributed by atoms with Gasteiger partial charge in [0.25, 0.3) is 0 Å². The maximum Gasteiger partial charge on any atom is 0.397 e. The molecular formula is C30H50O9S2. The van der Waals surface area contributed by atoms with E-state index in [1.165, 1.54) is 11.1 Å². The molecule has 2 saturated carbocycles. The Morgan fingerprint density at radius 1 is 0.878 bits per heavy atom. The number of carbonyl (C=O) groups excluding carboxylic acids is 1. The first-order valence-corrected chi connectivity index (χ1v) is 17.9. The fraction of sp³-hybridized carbons (Fsp3) is 0.900. The van der Waals surface area contributed by atoms with E-state index in [1.54, 1.807) is 6.92 Å². The first-order chi connectivity index (χ1) is 18.7. The third kappa shape index (κ3) is 5.97. The minimum atomic E-state index is -4.79. The van der Waals surface area contributed by atoms with Crippen molar-refractivity contribution < 1.29 is 39.1 Å². The molecule has 0 heterocycles. The second-order valence-corrected chi connectivity index (χ2v) is 17.1. The van der Waals surface area contributed by atoms with Crippen LogP contribution in [0.2, 0.25) is 0 Å². The molecule has 8 atom stereocenters. The van der Waals surface area contributed by atoms with Crippen molar-refractivity contribution in [1.29, 1.82) is 0 Å². The van der Waals surface area contributed by atoms with E-state index in [1.807, 2.05) is 0 Å². The highest BCUT2D eigenvalue weighted by Gasteiger charge is 2.64. The Hall–Kier alpha value is -0.850. The van der Waals surface area contributed by atoms with Crippen molar-refractivity contribution in [3.8, 4) is 0 Å². The van der Waals surface area contributed by atoms with Gasteiger partial charge in [0, 0.05) is 18.3 Å². The monoisotopic (exact) mass is 618 g/mol. The summed E-state index contributed by atoms with van der Waals surface area (Å²) in [5.74, 6) is 1.30. The summed E-state index contributed by atoms with van der Waals surface area (Å²) in [4.78, 5) is 12.7. The van der Waals surface area contributed by atoms with E-state index in [4.69, 9.17) is 8.37 Å². The topological polar surface area (TPSA) is 144 Å². The second-order valence-electron chi connectivity index (χ2n) is 14.9. The lowest BCUT2D eigenvalue weighted by atomic mass is 9.43. The van der Waals surface area contributed by atoms with Gasteiger partial charge in [0.2, 0.25) is 0 Å². The first kappa shape index (κ1) is 33.1. The van der Waals surface area contributed by atoms with E-state index in [-0.39, 0.29) is 22.2 Å². The van der Waals surface area contributed by atoms with Gasteiger partial charge in [-0.25, -0.2) is 8.37 Å². The zero-order valence-corrected chi connectivity index (χ0v) is 27.4. The number of hydrogen-bond donors (Lipinski definition) is 2. The summed E-state index contributed by atoms with van der Waals surface area (Å²) in [6, 6.07) is 0. The van der Waals surface area contributed by atoms with E-state index in [9.17, 15) is 30.7 Å². The molecule has 0 aliphatic heterocycles. The summed E-state index contributed by atoms with van der Waals surface area (Å²) < 4.78 is 75.6. The summed E-state index contributed by atoms with van der Waals surface area (Å²) in [6.45, 7) is 14.8. The molecule has 4 aliphatic rings. The Morgan fingerprint density at radius 2 is 1.54 bits per heavy atom. The molecule has 0 radical (unpaired) electrons. The van der Waals surface area contributed by atoms with Crippen molar-refractivity contribution in [3.05, 3.63) is 11.1 Å². The number of rotatable bonds is 10. The number of Topliss-reactive ketones (excluding diaryl/α,β-unsaturated/α-hetero) is 1. The van der Waals surface area contributed by atoms with Gasteiger partial charge in [-0.15, -0.1) is 0 Å². The largest absolute Gasteiger partial charge is 0.397 e. The molecule has 0 spiro atoms. The molecule has 11 heteroatoms. The third-order valence-corrected chi connectivity index (χ3v) is 13.1. The van der Waals surface area contributed by atoms with Gasteiger partial charge in [-0.3, -0.25) is 13.9 Å². The van der Waals surface area contributed by atoms with Gasteiger partial charge < -0.3 is 0 Å². The van der Waals surface area contributed by atoms with Crippen LogP contribution in [-0.4, -0.2) is 44.4 Å². The predicted octanol–water partition coefficient (Wildman–Crippen LogP) is 6.36. The summed E-state index contributed by atoms with van der Waals surface area (Å²) >= 11 is 0. The molecule has 0 saturated heterocycles. The van der Waals surface area contributed by atoms with Gasteiger partial charge in [-0.05, 0) is 91.3 Å². The Labute approximate surface area is 247 Å². The molecule has 41 heavy (non-hydrogen) atoms. The van der Waals surface area contributed by atoms with Crippen LogP contribution < -0.4 is 0 Å². The van der Waals surface area contributed by atoms with Crippen LogP contribution in [0.25, 0.3) is 0 Å². The van der Waals surface area contributed by atoms with Gasteiger partial charge in [-0.2, -0.15) is 16.8 Å². The van der Waals surface area contributed by atoms with E-state index in [2.05, 4.69) is 41.5 Å². The van der Waals surface area contributed by atoms with Crippen LogP contribution in [-0.2, 0) is 34.0 Å². The molecule has 0 amide bonds. The van der Waals surface area contributed by atoms with Gasteiger partial charge in [0.1, 0.15) is 5.78 Å². The molecule has 4 aliphatic carbocycles. The zero-order chi connectivity index (χ0) is 30.8. The molecule has 236 valence electrons. The van der Waals surface area contributed by atoms with E-state index < -0.39 is 38.9 Å².